The molecule has 3 heteroatoms. The van der Waals surface area contributed by atoms with Gasteiger partial charge in [-0.1, -0.05) is 133 Å². The minimum atomic E-state index is -0.00234. The maximum absolute atomic E-state index is 14.5. The van der Waals surface area contributed by atoms with Gasteiger partial charge in [0.25, 0.3) is 0 Å². The van der Waals surface area contributed by atoms with Gasteiger partial charge in [-0.2, -0.15) is 0 Å². The molecule has 0 fully saturated rings. The Kier molecular flexibility index (Phi) is 7.08. The van der Waals surface area contributed by atoms with Gasteiger partial charge in [-0.25, -0.2) is 4.98 Å². The molecule has 0 bridgehead atoms. The Bertz CT molecular complexity index is 2440. The fraction of sp³-hybridized carbons (Fsp3) is 0.0455. The van der Waals surface area contributed by atoms with Gasteiger partial charge in [0, 0.05) is 22.9 Å². The highest BCUT2D eigenvalue weighted by Gasteiger charge is 2.25. The van der Waals surface area contributed by atoms with E-state index in [-0.39, 0.29) is 5.78 Å². The van der Waals surface area contributed by atoms with E-state index in [0.717, 1.165) is 61.4 Å². The molecule has 0 amide bonds. The summed E-state index contributed by atoms with van der Waals surface area (Å²) in [5.74, 6) is 0.798. The minimum absolute atomic E-state index is 0.00234. The molecule has 2 aromatic heterocycles. The van der Waals surface area contributed by atoms with Gasteiger partial charge in [-0.05, 0) is 75.8 Å². The molecule has 2 heterocycles. The van der Waals surface area contributed by atoms with Crippen LogP contribution < -0.4 is 0 Å². The summed E-state index contributed by atoms with van der Waals surface area (Å²) in [6.07, 6.45) is 2.07. The number of hydrogen-bond donors (Lipinski definition) is 0. The molecule has 6 aromatic carbocycles. The average molecular weight is 605 g/mol. The Hall–Kier alpha value is -6.06. The molecule has 0 N–H and O–H groups in total. The molecular weight excluding hydrogens is 572 g/mol. The third-order valence-electron chi connectivity index (χ3n) is 9.09. The Morgan fingerprint density at radius 1 is 0.553 bits per heavy atom. The lowest BCUT2D eigenvalue weighted by atomic mass is 9.95. The van der Waals surface area contributed by atoms with E-state index in [1.807, 2.05) is 73.7 Å². The van der Waals surface area contributed by atoms with Gasteiger partial charge in [0.15, 0.2) is 5.78 Å². The second-order valence-electron chi connectivity index (χ2n) is 12.1. The van der Waals surface area contributed by atoms with Crippen LogP contribution in [-0.4, -0.2) is 15.3 Å². The summed E-state index contributed by atoms with van der Waals surface area (Å²) in [5.41, 5.74) is 9.24. The van der Waals surface area contributed by atoms with Gasteiger partial charge in [-0.15, -0.1) is 0 Å². The van der Waals surface area contributed by atoms with Crippen molar-refractivity contribution in [1.29, 1.82) is 0 Å². The number of aryl methyl sites for hydroxylation is 1. The van der Waals surface area contributed by atoms with E-state index in [1.54, 1.807) is 0 Å². The lowest BCUT2D eigenvalue weighted by Gasteiger charge is -2.18. The van der Waals surface area contributed by atoms with Crippen LogP contribution in [0.15, 0.2) is 158 Å². The summed E-state index contributed by atoms with van der Waals surface area (Å²) in [6.45, 7) is 4.16. The monoisotopic (exact) mass is 604 g/mol. The van der Waals surface area contributed by atoms with E-state index in [0.29, 0.717) is 11.1 Å². The quantitative estimate of drug-likeness (QED) is 0.177. The van der Waals surface area contributed by atoms with Crippen molar-refractivity contribution >= 4 is 27.3 Å². The highest BCUT2D eigenvalue weighted by molar-refractivity contribution is 6.15. The molecule has 0 saturated carbocycles. The zero-order valence-electron chi connectivity index (χ0n) is 26.3. The van der Waals surface area contributed by atoms with Crippen LogP contribution in [0.3, 0.4) is 0 Å². The summed E-state index contributed by atoms with van der Waals surface area (Å²) >= 11 is 0. The largest absolute Gasteiger partial charge is 0.300 e. The number of rotatable bonds is 6. The Balaban J connectivity index is 1.38. The number of pyridine rings is 1. The first kappa shape index (κ1) is 28.4. The smallest absolute Gasteiger partial charge is 0.195 e. The molecule has 0 aliphatic heterocycles. The van der Waals surface area contributed by atoms with E-state index >= 15 is 0 Å². The van der Waals surface area contributed by atoms with Crippen LogP contribution in [0.2, 0.25) is 0 Å². The molecule has 0 unspecified atom stereocenters. The number of fused-ring (bicyclic) bond motifs is 2. The molecule has 8 rings (SSSR count). The van der Waals surface area contributed by atoms with Gasteiger partial charge in [0.2, 0.25) is 0 Å². The summed E-state index contributed by atoms with van der Waals surface area (Å²) in [6, 6.07) is 51.9. The third-order valence-corrected chi connectivity index (χ3v) is 9.09. The second-order valence-corrected chi connectivity index (χ2v) is 12.1. The van der Waals surface area contributed by atoms with Crippen LogP contribution in [-0.2, 0) is 0 Å². The number of carbonyl (C=O) groups excluding carboxylic acids is 1. The fourth-order valence-corrected chi connectivity index (χ4v) is 6.68. The Labute approximate surface area is 274 Å². The number of hydrogen-bond acceptors (Lipinski definition) is 2. The number of benzene rings is 6. The van der Waals surface area contributed by atoms with E-state index in [4.69, 9.17) is 4.98 Å². The lowest BCUT2D eigenvalue weighted by Crippen LogP contribution is -2.08. The van der Waals surface area contributed by atoms with Crippen molar-refractivity contribution in [3.05, 3.63) is 180 Å². The van der Waals surface area contributed by atoms with Crippen LogP contribution in [0.1, 0.15) is 27.0 Å². The summed E-state index contributed by atoms with van der Waals surface area (Å²) in [7, 11) is 0. The van der Waals surface area contributed by atoms with Gasteiger partial charge < -0.3 is 0 Å². The molecule has 47 heavy (non-hydrogen) atoms. The van der Waals surface area contributed by atoms with Crippen LogP contribution in [0.4, 0.5) is 0 Å². The molecule has 3 nitrogen and oxygen atoms in total. The van der Waals surface area contributed by atoms with Crippen molar-refractivity contribution in [3.63, 3.8) is 0 Å². The standard InChI is InChI=1S/C44H32N2O/c1-29-28-46(42(34-17-7-4-8-18-34)41(29)43(47)38-24-22-32-14-10-12-20-36(32)26-38)44-30(2)39(27-40(45-44)33-15-5-3-6-16-33)37-23-21-31-13-9-11-19-35(31)25-37/h3-28H,1-2H3. The van der Waals surface area contributed by atoms with Crippen LogP contribution >= 0.6 is 0 Å². The first-order valence-corrected chi connectivity index (χ1v) is 15.9. The molecule has 0 spiro atoms. The Morgan fingerprint density at radius 2 is 1.13 bits per heavy atom. The van der Waals surface area contributed by atoms with Crippen molar-refractivity contribution in [3.8, 4) is 39.5 Å². The number of ketones is 1. The van der Waals surface area contributed by atoms with Gasteiger partial charge in [-0.3, -0.25) is 9.36 Å². The molecular formula is C44H32N2O. The average Bonchev–Trinajstić information content (AvgIpc) is 3.48. The van der Waals surface area contributed by atoms with Crippen molar-refractivity contribution in [2.24, 2.45) is 0 Å². The molecule has 0 aliphatic carbocycles. The number of nitrogens with zero attached hydrogens (tertiary/aromatic N) is 2. The van der Waals surface area contributed by atoms with Gasteiger partial charge in [0.1, 0.15) is 5.82 Å². The van der Waals surface area contributed by atoms with Gasteiger partial charge in [0.05, 0.1) is 17.0 Å². The normalized spacial score (nSPS) is 11.3. The third kappa shape index (κ3) is 5.12. The topological polar surface area (TPSA) is 34.9 Å². The summed E-state index contributed by atoms with van der Waals surface area (Å²) < 4.78 is 2.13. The van der Waals surface area contributed by atoms with Crippen LogP contribution in [0.25, 0.3) is 61.0 Å². The Morgan fingerprint density at radius 3 is 1.81 bits per heavy atom. The minimum Gasteiger partial charge on any atom is -0.300 e. The summed E-state index contributed by atoms with van der Waals surface area (Å²) in [5, 5.41) is 4.55. The molecule has 0 aliphatic rings. The maximum atomic E-state index is 14.5. The predicted octanol–water partition coefficient (Wildman–Crippen LogP) is 11.0. The van der Waals surface area contributed by atoms with Crippen molar-refractivity contribution in [2.45, 2.75) is 13.8 Å². The van der Waals surface area contributed by atoms with Crippen molar-refractivity contribution in [2.75, 3.05) is 0 Å². The van der Waals surface area contributed by atoms with E-state index in [2.05, 4.69) is 103 Å². The maximum Gasteiger partial charge on any atom is 0.195 e. The van der Waals surface area contributed by atoms with Crippen LogP contribution in [0.5, 0.6) is 0 Å². The SMILES string of the molecule is Cc1cn(-c2nc(-c3ccccc3)cc(-c3ccc4ccccc4c3)c2C)c(-c2ccccc2)c1C(=O)c1ccc2ccccc2c1. The van der Waals surface area contributed by atoms with E-state index in [9.17, 15) is 4.79 Å². The molecule has 224 valence electrons. The molecule has 0 radical (unpaired) electrons. The lowest BCUT2D eigenvalue weighted by molar-refractivity contribution is 0.103. The van der Waals surface area contributed by atoms with Crippen molar-refractivity contribution < 1.29 is 4.79 Å². The second kappa shape index (κ2) is 11.7. The van der Waals surface area contributed by atoms with Crippen LogP contribution in [0, 0.1) is 13.8 Å². The fourth-order valence-electron chi connectivity index (χ4n) is 6.68. The molecule has 8 aromatic rings. The molecule has 0 atom stereocenters. The summed E-state index contributed by atoms with van der Waals surface area (Å²) in [4.78, 5) is 19.8. The first-order valence-electron chi connectivity index (χ1n) is 15.9. The highest BCUT2D eigenvalue weighted by atomic mass is 16.1. The zero-order valence-corrected chi connectivity index (χ0v) is 26.3. The number of carbonyl (C=O) groups is 1. The van der Waals surface area contributed by atoms with E-state index in [1.165, 1.54) is 10.8 Å². The highest BCUT2D eigenvalue weighted by Crippen LogP contribution is 2.38. The van der Waals surface area contributed by atoms with Crippen molar-refractivity contribution in [1.82, 2.24) is 9.55 Å². The predicted molar refractivity (Wildman–Crippen MR) is 194 cm³/mol. The molecule has 0 saturated heterocycles. The zero-order chi connectivity index (χ0) is 31.9. The van der Waals surface area contributed by atoms with Gasteiger partial charge >= 0.3 is 0 Å². The number of aromatic nitrogens is 2. The first-order chi connectivity index (χ1) is 23.0. The van der Waals surface area contributed by atoms with E-state index < -0.39 is 0 Å².